The Morgan fingerprint density at radius 1 is 0.925 bits per heavy atom. The molecule has 0 spiro atoms. The van der Waals surface area contributed by atoms with E-state index in [1.54, 1.807) is 47.8 Å². The highest BCUT2D eigenvalue weighted by molar-refractivity contribution is 7.12. The number of carbonyl (C=O) groups is 4. The fourth-order valence-corrected chi connectivity index (χ4v) is 4.57. The van der Waals surface area contributed by atoms with Crippen LogP contribution in [0.15, 0.2) is 60.0 Å². The molecule has 3 rings (SSSR count). The maximum atomic E-state index is 13.8. The number of anilines is 1. The van der Waals surface area contributed by atoms with Crippen LogP contribution in [0.2, 0.25) is 0 Å². The van der Waals surface area contributed by atoms with Gasteiger partial charge in [0, 0.05) is 11.2 Å². The van der Waals surface area contributed by atoms with Crippen molar-refractivity contribution in [3.8, 4) is 11.5 Å². The normalized spacial score (nSPS) is 11.7. The SMILES string of the molecule is COC(=O)c1ccc(N(C(=O)CNC(=O)c2cccs2)C(C(=O)NC(C)(C)C)c2ccc(OC)c(OC)c2)cc1. The topological polar surface area (TPSA) is 123 Å². The summed E-state index contributed by atoms with van der Waals surface area (Å²) in [6.45, 7) is 5.10. The Bertz CT molecular complexity index is 1350. The van der Waals surface area contributed by atoms with Crippen molar-refractivity contribution in [3.05, 3.63) is 76.0 Å². The third kappa shape index (κ3) is 7.38. The molecule has 3 aromatic rings. The number of nitrogens with one attached hydrogen (secondary N) is 2. The van der Waals surface area contributed by atoms with Gasteiger partial charge in [0.15, 0.2) is 11.5 Å². The highest BCUT2D eigenvalue weighted by Crippen LogP contribution is 2.35. The van der Waals surface area contributed by atoms with Gasteiger partial charge in [0.05, 0.1) is 38.3 Å². The van der Waals surface area contributed by atoms with Gasteiger partial charge in [0.25, 0.3) is 5.91 Å². The summed E-state index contributed by atoms with van der Waals surface area (Å²) in [7, 11) is 4.24. The molecule has 1 heterocycles. The molecule has 0 saturated carbocycles. The maximum Gasteiger partial charge on any atom is 0.337 e. The van der Waals surface area contributed by atoms with Gasteiger partial charge in [-0.25, -0.2) is 4.79 Å². The van der Waals surface area contributed by atoms with E-state index < -0.39 is 35.3 Å². The van der Waals surface area contributed by atoms with E-state index in [4.69, 9.17) is 14.2 Å². The molecule has 0 radical (unpaired) electrons. The number of hydrogen-bond acceptors (Lipinski definition) is 8. The Kier molecular flexibility index (Phi) is 9.89. The average Bonchev–Trinajstić information content (AvgIpc) is 3.48. The maximum absolute atomic E-state index is 13.8. The van der Waals surface area contributed by atoms with E-state index >= 15 is 0 Å². The van der Waals surface area contributed by atoms with E-state index in [0.717, 1.165) is 0 Å². The molecule has 1 unspecified atom stereocenters. The van der Waals surface area contributed by atoms with E-state index in [-0.39, 0.29) is 12.1 Å². The van der Waals surface area contributed by atoms with Crippen molar-refractivity contribution in [2.45, 2.75) is 32.4 Å². The quantitative estimate of drug-likeness (QED) is 0.356. The Balaban J connectivity index is 2.12. The first-order chi connectivity index (χ1) is 19.0. The number of carbonyl (C=O) groups excluding carboxylic acids is 4. The number of methoxy groups -OCH3 is 3. The zero-order chi connectivity index (χ0) is 29.4. The molecule has 1 aromatic heterocycles. The summed E-state index contributed by atoms with van der Waals surface area (Å²) in [6.07, 6.45) is 0. The van der Waals surface area contributed by atoms with Crippen LogP contribution in [0.3, 0.4) is 0 Å². The summed E-state index contributed by atoms with van der Waals surface area (Å²) in [6, 6.07) is 13.2. The van der Waals surface area contributed by atoms with Crippen molar-refractivity contribution < 1.29 is 33.4 Å². The molecule has 10 nitrogen and oxygen atoms in total. The van der Waals surface area contributed by atoms with Crippen LogP contribution < -0.4 is 25.0 Å². The molecule has 3 amide bonds. The number of thiophene rings is 1. The lowest BCUT2D eigenvalue weighted by atomic mass is 10.00. The highest BCUT2D eigenvalue weighted by atomic mass is 32.1. The molecule has 0 saturated heterocycles. The second kappa shape index (κ2) is 13.1. The minimum absolute atomic E-state index is 0.270. The fourth-order valence-electron chi connectivity index (χ4n) is 3.93. The number of ether oxygens (including phenoxy) is 3. The summed E-state index contributed by atoms with van der Waals surface area (Å²) in [5.41, 5.74) is 0.413. The van der Waals surface area contributed by atoms with Crippen LogP contribution in [0, 0.1) is 0 Å². The van der Waals surface area contributed by atoms with E-state index in [1.807, 2.05) is 20.8 Å². The van der Waals surface area contributed by atoms with Crippen molar-refractivity contribution in [1.82, 2.24) is 10.6 Å². The van der Waals surface area contributed by atoms with Gasteiger partial charge < -0.3 is 24.8 Å². The second-order valence-electron chi connectivity index (χ2n) is 9.72. The Hall–Kier alpha value is -4.38. The van der Waals surface area contributed by atoms with Gasteiger partial charge in [0.1, 0.15) is 6.04 Å². The predicted octanol–water partition coefficient (Wildman–Crippen LogP) is 3.97. The molecular weight excluding hydrogens is 534 g/mol. The highest BCUT2D eigenvalue weighted by Gasteiger charge is 2.35. The molecule has 0 aliphatic heterocycles. The first-order valence-electron chi connectivity index (χ1n) is 12.3. The number of rotatable bonds is 10. The van der Waals surface area contributed by atoms with Crippen LogP contribution in [0.5, 0.6) is 11.5 Å². The number of amides is 3. The van der Waals surface area contributed by atoms with Gasteiger partial charge in [-0.05, 0) is 74.2 Å². The molecular formula is C29H33N3O7S. The molecule has 212 valence electrons. The monoisotopic (exact) mass is 567 g/mol. The van der Waals surface area contributed by atoms with Crippen molar-refractivity contribution in [2.24, 2.45) is 0 Å². The second-order valence-corrected chi connectivity index (χ2v) is 10.7. The minimum Gasteiger partial charge on any atom is -0.493 e. The van der Waals surface area contributed by atoms with Crippen LogP contribution in [-0.2, 0) is 14.3 Å². The molecule has 2 N–H and O–H groups in total. The number of benzene rings is 2. The van der Waals surface area contributed by atoms with E-state index in [0.29, 0.717) is 27.6 Å². The van der Waals surface area contributed by atoms with Gasteiger partial charge >= 0.3 is 5.97 Å². The molecule has 2 aromatic carbocycles. The Morgan fingerprint density at radius 2 is 1.60 bits per heavy atom. The van der Waals surface area contributed by atoms with E-state index in [2.05, 4.69) is 10.6 Å². The van der Waals surface area contributed by atoms with Crippen LogP contribution in [0.4, 0.5) is 5.69 Å². The lowest BCUT2D eigenvalue weighted by molar-refractivity contribution is -0.127. The average molecular weight is 568 g/mol. The van der Waals surface area contributed by atoms with Gasteiger partial charge in [-0.2, -0.15) is 0 Å². The molecule has 0 fully saturated rings. The van der Waals surface area contributed by atoms with Gasteiger partial charge in [-0.15, -0.1) is 11.3 Å². The summed E-state index contributed by atoms with van der Waals surface area (Å²) < 4.78 is 15.6. The van der Waals surface area contributed by atoms with Crippen molar-refractivity contribution in [1.29, 1.82) is 0 Å². The number of nitrogens with zero attached hydrogens (tertiary/aromatic N) is 1. The molecule has 40 heavy (non-hydrogen) atoms. The summed E-state index contributed by atoms with van der Waals surface area (Å²) in [5, 5.41) is 7.35. The lowest BCUT2D eigenvalue weighted by Crippen LogP contribution is -2.51. The summed E-state index contributed by atoms with van der Waals surface area (Å²) in [4.78, 5) is 54.1. The van der Waals surface area contributed by atoms with Crippen LogP contribution in [0.25, 0.3) is 0 Å². The van der Waals surface area contributed by atoms with Crippen LogP contribution in [-0.4, -0.2) is 57.1 Å². The van der Waals surface area contributed by atoms with E-state index in [1.165, 1.54) is 49.7 Å². The smallest absolute Gasteiger partial charge is 0.337 e. The largest absolute Gasteiger partial charge is 0.493 e. The van der Waals surface area contributed by atoms with Crippen LogP contribution in [0.1, 0.15) is 52.4 Å². The Morgan fingerprint density at radius 3 is 2.15 bits per heavy atom. The lowest BCUT2D eigenvalue weighted by Gasteiger charge is -2.34. The van der Waals surface area contributed by atoms with Gasteiger partial charge in [-0.1, -0.05) is 12.1 Å². The first kappa shape index (κ1) is 30.2. The van der Waals surface area contributed by atoms with Crippen LogP contribution >= 0.6 is 11.3 Å². The molecule has 1 atom stereocenters. The van der Waals surface area contributed by atoms with Crippen molar-refractivity contribution in [3.63, 3.8) is 0 Å². The standard InChI is InChI=1S/C29H33N3O7S/c1-29(2,3)31-27(35)25(19-11-14-21(37-4)22(16-19)38-5)32(20-12-9-18(10-13-20)28(36)39-6)24(33)17-30-26(34)23-8-7-15-40-23/h7-16,25H,17H2,1-6H3,(H,30,34)(H,31,35). The Labute approximate surface area is 237 Å². The fraction of sp³-hybridized carbons (Fsp3) is 0.310. The number of hydrogen-bond donors (Lipinski definition) is 2. The number of esters is 1. The third-order valence-electron chi connectivity index (χ3n) is 5.71. The molecule has 0 aliphatic carbocycles. The zero-order valence-electron chi connectivity index (χ0n) is 23.3. The summed E-state index contributed by atoms with van der Waals surface area (Å²) in [5.74, 6) is -1.16. The zero-order valence-corrected chi connectivity index (χ0v) is 24.1. The molecule has 0 aliphatic rings. The minimum atomic E-state index is -1.17. The third-order valence-corrected chi connectivity index (χ3v) is 6.58. The predicted molar refractivity (Wildman–Crippen MR) is 152 cm³/mol. The van der Waals surface area contributed by atoms with Gasteiger partial charge in [-0.3, -0.25) is 19.3 Å². The first-order valence-corrected chi connectivity index (χ1v) is 13.2. The van der Waals surface area contributed by atoms with Gasteiger partial charge in [0.2, 0.25) is 11.8 Å². The molecule has 0 bridgehead atoms. The van der Waals surface area contributed by atoms with Crippen molar-refractivity contribution in [2.75, 3.05) is 32.8 Å². The summed E-state index contributed by atoms with van der Waals surface area (Å²) >= 11 is 1.25. The van der Waals surface area contributed by atoms with E-state index in [9.17, 15) is 19.2 Å². The van der Waals surface area contributed by atoms with Crippen molar-refractivity contribution >= 4 is 40.7 Å². The molecule has 11 heteroatoms.